The number of hydrogen-bond donors (Lipinski definition) is 1. The lowest BCUT2D eigenvalue weighted by Gasteiger charge is -2.24. The van der Waals surface area contributed by atoms with Crippen LogP contribution in [0.25, 0.3) is 0 Å². The number of aryl methyl sites for hydroxylation is 2. The van der Waals surface area contributed by atoms with E-state index >= 15 is 0 Å². The van der Waals surface area contributed by atoms with Gasteiger partial charge in [0.15, 0.2) is 0 Å². The minimum Gasteiger partial charge on any atom is -0.466 e. The normalized spacial score (nSPS) is 13.2. The largest absolute Gasteiger partial charge is 0.466 e. The topological polar surface area (TPSA) is 48.3 Å². The van der Waals surface area contributed by atoms with E-state index in [0.717, 1.165) is 49.9 Å². The molecule has 0 radical (unpaired) electrons. The highest BCUT2D eigenvalue weighted by Gasteiger charge is 2.14. The zero-order valence-corrected chi connectivity index (χ0v) is 15.1. The molecule has 0 saturated heterocycles. The molecule has 5 heteroatoms. The molecule has 2 rings (SSSR count). The third-order valence-corrected chi connectivity index (χ3v) is 4.14. The molecule has 1 atom stereocenters. The Kier molecular flexibility index (Phi) is 6.42. The summed E-state index contributed by atoms with van der Waals surface area (Å²) < 4.78 is 5.75. The fourth-order valence-corrected chi connectivity index (χ4v) is 2.64. The second-order valence-corrected chi connectivity index (χ2v) is 6.71. The van der Waals surface area contributed by atoms with Gasteiger partial charge in [-0.1, -0.05) is 6.92 Å². The van der Waals surface area contributed by atoms with Crippen LogP contribution in [0.2, 0.25) is 0 Å². The first kappa shape index (κ1) is 17.8. The molecule has 0 spiro atoms. The first-order chi connectivity index (χ1) is 10.9. The van der Waals surface area contributed by atoms with Crippen LogP contribution in [0.3, 0.4) is 0 Å². The van der Waals surface area contributed by atoms with Gasteiger partial charge in [0.1, 0.15) is 17.3 Å². The van der Waals surface area contributed by atoms with Gasteiger partial charge < -0.3 is 14.3 Å². The van der Waals surface area contributed by atoms with Crippen LogP contribution in [0.5, 0.6) is 0 Å². The van der Waals surface area contributed by atoms with Crippen LogP contribution in [0.15, 0.2) is 22.7 Å². The number of nitrogens with zero attached hydrogens (tertiary/aromatic N) is 3. The van der Waals surface area contributed by atoms with Gasteiger partial charge in [-0.05, 0) is 53.0 Å². The van der Waals surface area contributed by atoms with E-state index in [1.54, 1.807) is 0 Å². The van der Waals surface area contributed by atoms with E-state index in [1.165, 1.54) is 5.69 Å². The van der Waals surface area contributed by atoms with Gasteiger partial charge in [0, 0.05) is 37.4 Å². The van der Waals surface area contributed by atoms with Gasteiger partial charge >= 0.3 is 0 Å². The summed E-state index contributed by atoms with van der Waals surface area (Å²) in [7, 11) is 4.24. The van der Waals surface area contributed by atoms with E-state index in [-0.39, 0.29) is 0 Å². The molecule has 23 heavy (non-hydrogen) atoms. The van der Waals surface area contributed by atoms with Crippen LogP contribution in [-0.2, 0) is 6.54 Å². The van der Waals surface area contributed by atoms with Gasteiger partial charge in [-0.25, -0.2) is 4.98 Å². The van der Waals surface area contributed by atoms with Crippen molar-refractivity contribution in [3.8, 4) is 0 Å². The van der Waals surface area contributed by atoms with Crippen LogP contribution in [-0.4, -0.2) is 53.5 Å². The second-order valence-electron chi connectivity index (χ2n) is 6.71. The standard InChI is InChI=1S/C18H30N4O/c1-14(18-7-6-15(2)23-18)8-9-22(11-10-21(4)5)13-17-12-19-16(3)20-17/h6-7,12,14H,8-11,13H2,1-5H3,(H,19,20). The predicted molar refractivity (Wildman–Crippen MR) is 93.6 cm³/mol. The highest BCUT2D eigenvalue weighted by Crippen LogP contribution is 2.21. The van der Waals surface area contributed by atoms with Crippen molar-refractivity contribution in [1.29, 1.82) is 0 Å². The molecule has 0 aliphatic rings. The number of nitrogens with one attached hydrogen (secondary N) is 1. The van der Waals surface area contributed by atoms with Gasteiger partial charge in [0.05, 0.1) is 0 Å². The fraction of sp³-hybridized carbons (Fsp3) is 0.611. The Bertz CT molecular complexity index is 587. The summed E-state index contributed by atoms with van der Waals surface area (Å²) in [4.78, 5) is 12.3. The first-order valence-corrected chi connectivity index (χ1v) is 8.38. The maximum Gasteiger partial charge on any atom is 0.107 e. The molecule has 5 nitrogen and oxygen atoms in total. The van der Waals surface area contributed by atoms with Crippen molar-refractivity contribution in [3.63, 3.8) is 0 Å². The van der Waals surface area contributed by atoms with E-state index in [0.29, 0.717) is 5.92 Å². The number of furan rings is 1. The second kappa shape index (κ2) is 8.31. The maximum atomic E-state index is 5.75. The Balaban J connectivity index is 1.90. The van der Waals surface area contributed by atoms with Gasteiger partial charge in [0.2, 0.25) is 0 Å². The molecule has 128 valence electrons. The van der Waals surface area contributed by atoms with Crippen LogP contribution in [0.1, 0.15) is 42.3 Å². The summed E-state index contributed by atoms with van der Waals surface area (Å²) in [5, 5.41) is 0. The van der Waals surface area contributed by atoms with Crippen LogP contribution < -0.4 is 0 Å². The number of imidazole rings is 1. The molecule has 0 fully saturated rings. The van der Waals surface area contributed by atoms with Crippen molar-refractivity contribution in [2.24, 2.45) is 0 Å². The van der Waals surface area contributed by atoms with Gasteiger partial charge in [-0.2, -0.15) is 0 Å². The van der Waals surface area contributed by atoms with E-state index in [1.807, 2.05) is 26.1 Å². The molecule has 0 aromatic carbocycles. The molecule has 0 amide bonds. The third-order valence-electron chi connectivity index (χ3n) is 4.14. The zero-order chi connectivity index (χ0) is 16.8. The Morgan fingerprint density at radius 1 is 1.17 bits per heavy atom. The predicted octanol–water partition coefficient (Wildman–Crippen LogP) is 3.18. The van der Waals surface area contributed by atoms with E-state index in [4.69, 9.17) is 4.42 Å². The zero-order valence-electron chi connectivity index (χ0n) is 15.1. The Hall–Kier alpha value is -1.59. The number of aromatic amines is 1. The Labute approximate surface area is 139 Å². The molecule has 1 N–H and O–H groups in total. The van der Waals surface area contributed by atoms with Gasteiger partial charge in [0.25, 0.3) is 0 Å². The van der Waals surface area contributed by atoms with Crippen LogP contribution >= 0.6 is 0 Å². The number of H-pyrrole nitrogens is 1. The van der Waals surface area contributed by atoms with Crippen molar-refractivity contribution in [2.45, 2.75) is 39.7 Å². The molecule has 1 unspecified atom stereocenters. The average Bonchev–Trinajstić information content (AvgIpc) is 3.10. The van der Waals surface area contributed by atoms with E-state index < -0.39 is 0 Å². The Morgan fingerprint density at radius 3 is 2.52 bits per heavy atom. The lowest BCUT2D eigenvalue weighted by atomic mass is 10.0. The van der Waals surface area contributed by atoms with Crippen molar-refractivity contribution >= 4 is 0 Å². The van der Waals surface area contributed by atoms with Crippen molar-refractivity contribution < 1.29 is 4.42 Å². The fourth-order valence-electron chi connectivity index (χ4n) is 2.64. The molecule has 0 saturated carbocycles. The molecule has 2 aromatic heterocycles. The molecule has 2 heterocycles. The average molecular weight is 318 g/mol. The Morgan fingerprint density at radius 2 is 1.96 bits per heavy atom. The number of likely N-dealkylation sites (N-methyl/N-ethyl adjacent to an activating group) is 1. The molecular formula is C18H30N4O. The summed E-state index contributed by atoms with van der Waals surface area (Å²) in [6.45, 7) is 10.3. The quantitative estimate of drug-likeness (QED) is 0.771. The number of aromatic nitrogens is 2. The first-order valence-electron chi connectivity index (χ1n) is 8.38. The van der Waals surface area contributed by atoms with Gasteiger partial charge in [-0.15, -0.1) is 0 Å². The van der Waals surface area contributed by atoms with Gasteiger partial charge in [-0.3, -0.25) is 4.90 Å². The highest BCUT2D eigenvalue weighted by atomic mass is 16.3. The molecular weight excluding hydrogens is 288 g/mol. The monoisotopic (exact) mass is 318 g/mol. The number of hydrogen-bond acceptors (Lipinski definition) is 4. The van der Waals surface area contributed by atoms with Crippen molar-refractivity contribution in [2.75, 3.05) is 33.7 Å². The smallest absolute Gasteiger partial charge is 0.107 e. The minimum absolute atomic E-state index is 0.439. The van der Waals surface area contributed by atoms with E-state index in [9.17, 15) is 0 Å². The highest BCUT2D eigenvalue weighted by molar-refractivity contribution is 5.09. The third kappa shape index (κ3) is 5.84. The summed E-state index contributed by atoms with van der Waals surface area (Å²) in [6, 6.07) is 4.14. The maximum absolute atomic E-state index is 5.75. The minimum atomic E-state index is 0.439. The van der Waals surface area contributed by atoms with Crippen molar-refractivity contribution in [1.82, 2.24) is 19.8 Å². The van der Waals surface area contributed by atoms with Crippen LogP contribution in [0.4, 0.5) is 0 Å². The van der Waals surface area contributed by atoms with Crippen molar-refractivity contribution in [3.05, 3.63) is 41.4 Å². The molecule has 2 aromatic rings. The summed E-state index contributed by atoms with van der Waals surface area (Å²) in [5.74, 6) is 3.50. The SMILES string of the molecule is Cc1ncc(CN(CCC(C)c2ccc(C)o2)CCN(C)C)[nH]1. The molecule has 0 aliphatic carbocycles. The number of rotatable bonds is 9. The summed E-state index contributed by atoms with van der Waals surface area (Å²) in [6.07, 6.45) is 3.03. The summed E-state index contributed by atoms with van der Waals surface area (Å²) in [5.41, 5.74) is 1.18. The lowest BCUT2D eigenvalue weighted by molar-refractivity contribution is 0.222. The van der Waals surface area contributed by atoms with Crippen LogP contribution in [0, 0.1) is 13.8 Å². The summed E-state index contributed by atoms with van der Waals surface area (Å²) >= 11 is 0. The lowest BCUT2D eigenvalue weighted by Crippen LogP contribution is -2.32. The molecule has 0 aliphatic heterocycles. The van der Waals surface area contributed by atoms with E-state index in [2.05, 4.69) is 46.9 Å². The molecule has 0 bridgehead atoms.